The fraction of sp³-hybridized carbons (Fsp3) is 0.273. The summed E-state index contributed by atoms with van der Waals surface area (Å²) in [6, 6.07) is 9.82. The van der Waals surface area contributed by atoms with Gasteiger partial charge in [-0.15, -0.1) is 10.2 Å². The van der Waals surface area contributed by atoms with Gasteiger partial charge in [0, 0.05) is 5.56 Å². The van der Waals surface area contributed by atoms with Gasteiger partial charge in [-0.05, 0) is 26.1 Å². The van der Waals surface area contributed by atoms with Crippen molar-refractivity contribution in [2.75, 3.05) is 7.05 Å². The van der Waals surface area contributed by atoms with Gasteiger partial charge in [-0.3, -0.25) is 0 Å². The summed E-state index contributed by atoms with van der Waals surface area (Å²) in [4.78, 5) is 0. The van der Waals surface area contributed by atoms with E-state index in [-0.39, 0.29) is 6.04 Å². The zero-order valence-electron chi connectivity index (χ0n) is 8.77. The van der Waals surface area contributed by atoms with E-state index in [1.807, 2.05) is 44.3 Å². The molecule has 1 atom stereocenters. The van der Waals surface area contributed by atoms with Crippen LogP contribution in [0, 0.1) is 0 Å². The average molecular weight is 203 g/mol. The van der Waals surface area contributed by atoms with Gasteiger partial charge in [0.15, 0.2) is 0 Å². The summed E-state index contributed by atoms with van der Waals surface area (Å²) in [7, 11) is 1.86. The first-order valence-electron chi connectivity index (χ1n) is 4.87. The lowest BCUT2D eigenvalue weighted by Gasteiger charge is -2.02. The number of benzene rings is 1. The van der Waals surface area contributed by atoms with Gasteiger partial charge in [-0.2, -0.15) is 0 Å². The van der Waals surface area contributed by atoms with E-state index in [0.29, 0.717) is 11.8 Å². The standard InChI is InChI=1S/C11H13N3O/c1-8(12-2)10-13-14-11(15-10)9-6-4-3-5-7-9/h3-8,12H,1-2H3. The van der Waals surface area contributed by atoms with Gasteiger partial charge in [0.25, 0.3) is 0 Å². The second-order valence-electron chi connectivity index (χ2n) is 3.32. The Morgan fingerprint density at radius 1 is 1.20 bits per heavy atom. The van der Waals surface area contributed by atoms with E-state index in [4.69, 9.17) is 4.42 Å². The minimum absolute atomic E-state index is 0.0787. The zero-order valence-corrected chi connectivity index (χ0v) is 8.77. The highest BCUT2D eigenvalue weighted by Crippen LogP contribution is 2.19. The lowest BCUT2D eigenvalue weighted by atomic mass is 10.2. The Kier molecular flexibility index (Phi) is 2.78. The molecular formula is C11H13N3O. The second kappa shape index (κ2) is 4.23. The van der Waals surface area contributed by atoms with Crippen LogP contribution in [0.4, 0.5) is 0 Å². The Labute approximate surface area is 88.3 Å². The highest BCUT2D eigenvalue weighted by atomic mass is 16.4. The number of hydrogen-bond acceptors (Lipinski definition) is 4. The van der Waals surface area contributed by atoms with E-state index in [9.17, 15) is 0 Å². The monoisotopic (exact) mass is 203 g/mol. The van der Waals surface area contributed by atoms with Crippen LogP contribution in [-0.2, 0) is 0 Å². The predicted molar refractivity (Wildman–Crippen MR) is 57.2 cm³/mol. The van der Waals surface area contributed by atoms with Gasteiger partial charge in [0.2, 0.25) is 11.8 Å². The van der Waals surface area contributed by atoms with Crippen molar-refractivity contribution >= 4 is 0 Å². The molecule has 0 saturated heterocycles. The van der Waals surface area contributed by atoms with Crippen LogP contribution >= 0.6 is 0 Å². The lowest BCUT2D eigenvalue weighted by molar-refractivity contribution is 0.441. The van der Waals surface area contributed by atoms with E-state index in [2.05, 4.69) is 15.5 Å². The van der Waals surface area contributed by atoms with Crippen molar-refractivity contribution < 1.29 is 4.42 Å². The lowest BCUT2D eigenvalue weighted by Crippen LogP contribution is -2.12. The maximum absolute atomic E-state index is 5.54. The van der Waals surface area contributed by atoms with E-state index >= 15 is 0 Å². The summed E-state index contributed by atoms with van der Waals surface area (Å²) in [5, 5.41) is 11.0. The predicted octanol–water partition coefficient (Wildman–Crippen LogP) is 2.02. The highest BCUT2D eigenvalue weighted by Gasteiger charge is 2.12. The van der Waals surface area contributed by atoms with Crippen molar-refractivity contribution in [1.29, 1.82) is 0 Å². The van der Waals surface area contributed by atoms with E-state index in [1.165, 1.54) is 0 Å². The molecule has 1 N–H and O–H groups in total. The molecule has 0 fully saturated rings. The summed E-state index contributed by atoms with van der Waals surface area (Å²) >= 11 is 0. The Hall–Kier alpha value is -1.68. The second-order valence-corrected chi connectivity index (χ2v) is 3.32. The molecule has 1 aromatic heterocycles. The molecule has 0 radical (unpaired) electrons. The zero-order chi connectivity index (χ0) is 10.7. The van der Waals surface area contributed by atoms with Gasteiger partial charge in [0.1, 0.15) is 0 Å². The SMILES string of the molecule is CNC(C)c1nnc(-c2ccccc2)o1. The molecule has 78 valence electrons. The molecule has 0 amide bonds. The quantitative estimate of drug-likeness (QED) is 0.829. The van der Waals surface area contributed by atoms with Gasteiger partial charge in [-0.25, -0.2) is 0 Å². The molecule has 2 aromatic rings. The third-order valence-corrected chi connectivity index (χ3v) is 2.26. The summed E-state index contributed by atoms with van der Waals surface area (Å²) in [5.41, 5.74) is 0.944. The minimum Gasteiger partial charge on any atom is -0.419 e. The summed E-state index contributed by atoms with van der Waals surface area (Å²) in [5.74, 6) is 1.17. The topological polar surface area (TPSA) is 51.0 Å². The van der Waals surface area contributed by atoms with Crippen LogP contribution in [0.5, 0.6) is 0 Å². The fourth-order valence-electron chi connectivity index (χ4n) is 1.23. The van der Waals surface area contributed by atoms with Crippen LogP contribution in [0.15, 0.2) is 34.7 Å². The number of nitrogens with zero attached hydrogens (tertiary/aromatic N) is 2. The number of rotatable bonds is 3. The maximum Gasteiger partial charge on any atom is 0.247 e. The van der Waals surface area contributed by atoms with Crippen molar-refractivity contribution in [2.24, 2.45) is 0 Å². The van der Waals surface area contributed by atoms with Gasteiger partial charge in [-0.1, -0.05) is 18.2 Å². The summed E-state index contributed by atoms with van der Waals surface area (Å²) in [6.07, 6.45) is 0. The summed E-state index contributed by atoms with van der Waals surface area (Å²) in [6.45, 7) is 1.97. The van der Waals surface area contributed by atoms with Crippen molar-refractivity contribution in [1.82, 2.24) is 15.5 Å². The first kappa shape index (κ1) is 9.86. The molecule has 0 aliphatic rings. The molecule has 1 heterocycles. The Morgan fingerprint density at radius 3 is 2.60 bits per heavy atom. The fourth-order valence-corrected chi connectivity index (χ4v) is 1.23. The molecule has 15 heavy (non-hydrogen) atoms. The number of aromatic nitrogens is 2. The van der Waals surface area contributed by atoms with Crippen molar-refractivity contribution in [3.8, 4) is 11.5 Å². The number of hydrogen-bond donors (Lipinski definition) is 1. The largest absolute Gasteiger partial charge is 0.419 e. The molecule has 4 nitrogen and oxygen atoms in total. The van der Waals surface area contributed by atoms with Crippen molar-refractivity contribution in [3.05, 3.63) is 36.2 Å². The smallest absolute Gasteiger partial charge is 0.247 e. The molecule has 0 aliphatic heterocycles. The highest BCUT2D eigenvalue weighted by molar-refractivity contribution is 5.51. The Morgan fingerprint density at radius 2 is 1.93 bits per heavy atom. The van der Waals surface area contributed by atoms with Crippen molar-refractivity contribution in [2.45, 2.75) is 13.0 Å². The molecule has 1 unspecified atom stereocenters. The molecule has 0 saturated carbocycles. The maximum atomic E-state index is 5.54. The van der Waals surface area contributed by atoms with Crippen LogP contribution in [-0.4, -0.2) is 17.2 Å². The first-order valence-corrected chi connectivity index (χ1v) is 4.87. The molecule has 2 rings (SSSR count). The van der Waals surface area contributed by atoms with Crippen LogP contribution in [0.3, 0.4) is 0 Å². The third-order valence-electron chi connectivity index (χ3n) is 2.26. The van der Waals surface area contributed by atoms with Crippen LogP contribution < -0.4 is 5.32 Å². The normalized spacial score (nSPS) is 12.7. The molecule has 1 aromatic carbocycles. The number of nitrogens with one attached hydrogen (secondary N) is 1. The van der Waals surface area contributed by atoms with E-state index in [0.717, 1.165) is 5.56 Å². The van der Waals surface area contributed by atoms with Crippen LogP contribution in [0.25, 0.3) is 11.5 Å². The first-order chi connectivity index (χ1) is 7.31. The minimum atomic E-state index is 0.0787. The van der Waals surface area contributed by atoms with Crippen LogP contribution in [0.1, 0.15) is 18.9 Å². The molecule has 0 spiro atoms. The molecular weight excluding hydrogens is 190 g/mol. The van der Waals surface area contributed by atoms with Crippen molar-refractivity contribution in [3.63, 3.8) is 0 Å². The molecule has 0 bridgehead atoms. The Balaban J connectivity index is 2.28. The van der Waals surface area contributed by atoms with Gasteiger partial charge in [0.05, 0.1) is 6.04 Å². The Bertz CT molecular complexity index is 424. The van der Waals surface area contributed by atoms with Gasteiger partial charge >= 0.3 is 0 Å². The molecule has 4 heteroatoms. The third kappa shape index (κ3) is 2.05. The average Bonchev–Trinajstić information content (AvgIpc) is 2.78. The summed E-state index contributed by atoms with van der Waals surface area (Å²) < 4.78 is 5.54. The van der Waals surface area contributed by atoms with Gasteiger partial charge < -0.3 is 9.73 Å². The van der Waals surface area contributed by atoms with Crippen LogP contribution in [0.2, 0.25) is 0 Å². The van der Waals surface area contributed by atoms with E-state index in [1.54, 1.807) is 0 Å². The van der Waals surface area contributed by atoms with E-state index < -0.39 is 0 Å². The molecule has 0 aliphatic carbocycles.